The lowest BCUT2D eigenvalue weighted by Crippen LogP contribution is -2.52. The number of amides is 2. The zero-order valence-electron chi connectivity index (χ0n) is 18.7. The van der Waals surface area contributed by atoms with Crippen molar-refractivity contribution < 1.29 is 18.7 Å². The maximum atomic E-state index is 13.3. The molecule has 1 saturated carbocycles. The molecular formula is C25H29Cl2FN2O3. The third kappa shape index (κ3) is 7.08. The maximum absolute atomic E-state index is 13.3. The highest BCUT2D eigenvalue weighted by Gasteiger charge is 2.31. The fourth-order valence-corrected chi connectivity index (χ4v) is 4.59. The number of hydrogen-bond acceptors (Lipinski definition) is 3. The summed E-state index contributed by atoms with van der Waals surface area (Å²) in [6.07, 6.45) is 5.67. The van der Waals surface area contributed by atoms with E-state index in [-0.39, 0.29) is 31.0 Å². The largest absolute Gasteiger partial charge is 0.484 e. The van der Waals surface area contributed by atoms with Crippen LogP contribution in [0.1, 0.15) is 51.0 Å². The van der Waals surface area contributed by atoms with Crippen molar-refractivity contribution in [3.05, 3.63) is 63.9 Å². The summed E-state index contributed by atoms with van der Waals surface area (Å²) in [6.45, 7) is 1.63. The first kappa shape index (κ1) is 25.3. The quantitative estimate of drug-likeness (QED) is 0.481. The summed E-state index contributed by atoms with van der Waals surface area (Å²) in [4.78, 5) is 27.9. The third-order valence-corrected chi connectivity index (χ3v) is 6.61. The van der Waals surface area contributed by atoms with E-state index in [0.29, 0.717) is 27.8 Å². The lowest BCUT2D eigenvalue weighted by molar-refractivity contribution is -0.143. The molecule has 0 aliphatic heterocycles. The van der Waals surface area contributed by atoms with Gasteiger partial charge in [-0.3, -0.25) is 9.59 Å². The first-order valence-electron chi connectivity index (χ1n) is 11.3. The Morgan fingerprint density at radius 3 is 2.33 bits per heavy atom. The molecule has 0 saturated heterocycles. The molecule has 1 unspecified atom stereocenters. The van der Waals surface area contributed by atoms with Crippen LogP contribution in [0.2, 0.25) is 10.0 Å². The number of carbonyl (C=O) groups is 2. The molecule has 1 N–H and O–H groups in total. The number of hydrogen-bond donors (Lipinski definition) is 1. The summed E-state index contributed by atoms with van der Waals surface area (Å²) in [5, 5.41) is 3.96. The molecule has 1 aliphatic rings. The summed E-state index contributed by atoms with van der Waals surface area (Å²) in [5.74, 6) is -0.613. The van der Waals surface area contributed by atoms with Crippen molar-refractivity contribution >= 4 is 35.0 Å². The zero-order valence-corrected chi connectivity index (χ0v) is 20.2. The number of rotatable bonds is 9. The molecule has 178 valence electrons. The van der Waals surface area contributed by atoms with Gasteiger partial charge in [0.05, 0.1) is 0 Å². The van der Waals surface area contributed by atoms with Crippen LogP contribution in [0.15, 0.2) is 42.5 Å². The normalized spacial score (nSPS) is 15.0. The number of benzene rings is 2. The molecule has 1 fully saturated rings. The zero-order chi connectivity index (χ0) is 23.8. The minimum absolute atomic E-state index is 0.0701. The lowest BCUT2D eigenvalue weighted by atomic mass is 9.95. The van der Waals surface area contributed by atoms with Crippen molar-refractivity contribution in [2.75, 3.05) is 6.61 Å². The van der Waals surface area contributed by atoms with Gasteiger partial charge in [-0.1, -0.05) is 55.5 Å². The molecule has 2 aromatic carbocycles. The van der Waals surface area contributed by atoms with Gasteiger partial charge in [-0.2, -0.15) is 0 Å². The number of ether oxygens (including phenoxy) is 1. The molecule has 8 heteroatoms. The number of nitrogens with zero attached hydrogens (tertiary/aromatic N) is 1. The van der Waals surface area contributed by atoms with E-state index in [1.54, 1.807) is 18.2 Å². The first-order chi connectivity index (χ1) is 15.9. The van der Waals surface area contributed by atoms with E-state index >= 15 is 0 Å². The minimum atomic E-state index is -0.705. The highest BCUT2D eigenvalue weighted by molar-refractivity contribution is 6.36. The van der Waals surface area contributed by atoms with Gasteiger partial charge in [-0.05, 0) is 55.7 Å². The van der Waals surface area contributed by atoms with Gasteiger partial charge in [0.15, 0.2) is 6.61 Å². The van der Waals surface area contributed by atoms with Crippen molar-refractivity contribution in [1.29, 1.82) is 0 Å². The molecule has 0 heterocycles. The Kier molecular flexibility index (Phi) is 9.39. The summed E-state index contributed by atoms with van der Waals surface area (Å²) in [6, 6.07) is 9.95. The van der Waals surface area contributed by atoms with Crippen LogP contribution in [0, 0.1) is 5.82 Å². The van der Waals surface area contributed by atoms with Crippen LogP contribution in [0.4, 0.5) is 4.39 Å². The standard InChI is InChI=1S/C25H29Cl2FN2O3/c1-2-23(25(32)29-18-7-4-3-5-8-18)30(15-20-21(26)9-6-10-22(20)27)24(31)16-33-19-13-11-17(28)12-14-19/h6,9-14,18,23H,2-5,7-8,15-16H2,1H3,(H,29,32). The van der Waals surface area contributed by atoms with Gasteiger partial charge < -0.3 is 15.0 Å². The van der Waals surface area contributed by atoms with Crippen molar-refractivity contribution in [3.8, 4) is 5.75 Å². The Morgan fingerprint density at radius 1 is 1.09 bits per heavy atom. The Bertz CT molecular complexity index is 929. The molecule has 0 bridgehead atoms. The van der Waals surface area contributed by atoms with Crippen LogP contribution in [0.5, 0.6) is 5.75 Å². The molecule has 5 nitrogen and oxygen atoms in total. The van der Waals surface area contributed by atoms with Crippen molar-refractivity contribution in [1.82, 2.24) is 10.2 Å². The fourth-order valence-electron chi connectivity index (χ4n) is 4.08. The number of halogens is 3. The summed E-state index contributed by atoms with van der Waals surface area (Å²) < 4.78 is 18.7. The van der Waals surface area contributed by atoms with Gasteiger partial charge in [0, 0.05) is 28.2 Å². The summed E-state index contributed by atoms with van der Waals surface area (Å²) in [7, 11) is 0. The Morgan fingerprint density at radius 2 is 1.73 bits per heavy atom. The van der Waals surface area contributed by atoms with Crippen LogP contribution in [0.3, 0.4) is 0 Å². The molecular weight excluding hydrogens is 466 g/mol. The molecule has 2 aromatic rings. The highest BCUT2D eigenvalue weighted by atomic mass is 35.5. The van der Waals surface area contributed by atoms with E-state index in [1.807, 2.05) is 6.92 Å². The monoisotopic (exact) mass is 494 g/mol. The average Bonchev–Trinajstić information content (AvgIpc) is 2.81. The molecule has 0 spiro atoms. The Labute approximate surface area is 204 Å². The Balaban J connectivity index is 1.79. The summed E-state index contributed by atoms with van der Waals surface area (Å²) in [5.41, 5.74) is 0.569. The van der Waals surface area contributed by atoms with Crippen molar-refractivity contribution in [3.63, 3.8) is 0 Å². The second kappa shape index (κ2) is 12.2. The maximum Gasteiger partial charge on any atom is 0.261 e. The fraction of sp³-hybridized carbons (Fsp3) is 0.440. The molecule has 3 rings (SSSR count). The van der Waals surface area contributed by atoms with Gasteiger partial charge in [0.2, 0.25) is 5.91 Å². The topological polar surface area (TPSA) is 58.6 Å². The van der Waals surface area contributed by atoms with Gasteiger partial charge in [-0.25, -0.2) is 4.39 Å². The van der Waals surface area contributed by atoms with Gasteiger partial charge in [0.25, 0.3) is 5.91 Å². The van der Waals surface area contributed by atoms with Gasteiger partial charge in [0.1, 0.15) is 17.6 Å². The van der Waals surface area contributed by atoms with Crippen LogP contribution in [0.25, 0.3) is 0 Å². The SMILES string of the molecule is CCC(C(=O)NC1CCCCC1)N(Cc1c(Cl)cccc1Cl)C(=O)COc1ccc(F)cc1. The van der Waals surface area contributed by atoms with E-state index in [9.17, 15) is 14.0 Å². The lowest BCUT2D eigenvalue weighted by Gasteiger charge is -2.33. The summed E-state index contributed by atoms with van der Waals surface area (Å²) >= 11 is 12.7. The smallest absolute Gasteiger partial charge is 0.261 e. The van der Waals surface area contributed by atoms with E-state index < -0.39 is 11.9 Å². The highest BCUT2D eigenvalue weighted by Crippen LogP contribution is 2.27. The van der Waals surface area contributed by atoms with E-state index in [4.69, 9.17) is 27.9 Å². The van der Waals surface area contributed by atoms with Gasteiger partial charge >= 0.3 is 0 Å². The second-order valence-electron chi connectivity index (χ2n) is 8.23. The number of carbonyl (C=O) groups excluding carboxylic acids is 2. The second-order valence-corrected chi connectivity index (χ2v) is 9.05. The van der Waals surface area contributed by atoms with Crippen molar-refractivity contribution in [2.45, 2.75) is 64.1 Å². The Hall–Kier alpha value is -2.31. The van der Waals surface area contributed by atoms with Crippen molar-refractivity contribution in [2.24, 2.45) is 0 Å². The van der Waals surface area contributed by atoms with Crippen LogP contribution in [-0.2, 0) is 16.1 Å². The van der Waals surface area contributed by atoms with E-state index in [2.05, 4.69) is 5.32 Å². The first-order valence-corrected chi connectivity index (χ1v) is 12.1. The molecule has 1 atom stereocenters. The average molecular weight is 495 g/mol. The minimum Gasteiger partial charge on any atom is -0.484 e. The predicted molar refractivity (Wildman–Crippen MR) is 128 cm³/mol. The molecule has 1 aliphatic carbocycles. The van der Waals surface area contributed by atoms with E-state index in [1.165, 1.54) is 35.6 Å². The van der Waals surface area contributed by atoms with E-state index in [0.717, 1.165) is 25.7 Å². The van der Waals surface area contributed by atoms with Gasteiger partial charge in [-0.15, -0.1) is 0 Å². The molecule has 0 radical (unpaired) electrons. The predicted octanol–water partition coefficient (Wildman–Crippen LogP) is 5.77. The van der Waals surface area contributed by atoms with Crippen LogP contribution in [-0.4, -0.2) is 35.4 Å². The van der Waals surface area contributed by atoms with Crippen LogP contribution < -0.4 is 10.1 Å². The molecule has 33 heavy (non-hydrogen) atoms. The molecule has 0 aromatic heterocycles. The number of nitrogens with one attached hydrogen (secondary N) is 1. The van der Waals surface area contributed by atoms with Crippen LogP contribution >= 0.6 is 23.2 Å². The third-order valence-electron chi connectivity index (χ3n) is 5.90. The molecule has 2 amide bonds.